The van der Waals surface area contributed by atoms with Crippen molar-refractivity contribution < 1.29 is 13.5 Å². The Morgan fingerprint density at radius 1 is 1.45 bits per heavy atom. The van der Waals surface area contributed by atoms with Gasteiger partial charge in [-0.15, -0.1) is 0 Å². The number of amidine groups is 1. The average molecular weight is 299 g/mol. The predicted molar refractivity (Wildman–Crippen MR) is 77.3 cm³/mol. The van der Waals surface area contributed by atoms with Gasteiger partial charge in [0.1, 0.15) is 0 Å². The van der Waals surface area contributed by atoms with Gasteiger partial charge in [-0.3, -0.25) is 10.4 Å². The van der Waals surface area contributed by atoms with E-state index in [0.29, 0.717) is 28.8 Å². The summed E-state index contributed by atoms with van der Waals surface area (Å²) in [6, 6.07) is 3.79. The van der Waals surface area contributed by atoms with E-state index in [0.717, 1.165) is 12.1 Å². The fourth-order valence-electron chi connectivity index (χ4n) is 1.68. The molecule has 0 amide bonds. The van der Waals surface area contributed by atoms with Gasteiger partial charge in [0, 0.05) is 18.4 Å². The maximum Gasteiger partial charge on any atom is 0.177 e. The number of nitrogens with zero attached hydrogens (tertiary/aromatic N) is 2. The zero-order chi connectivity index (χ0) is 14.5. The molecule has 1 N–H and O–H groups in total. The summed E-state index contributed by atoms with van der Waals surface area (Å²) in [5, 5.41) is 4.85. The van der Waals surface area contributed by atoms with E-state index in [4.69, 9.17) is 4.74 Å². The van der Waals surface area contributed by atoms with Crippen molar-refractivity contribution in [2.75, 3.05) is 19.5 Å². The van der Waals surface area contributed by atoms with E-state index in [1.807, 2.05) is 6.92 Å². The average Bonchev–Trinajstić information content (AvgIpc) is 2.43. The van der Waals surface area contributed by atoms with Crippen LogP contribution in [0.15, 0.2) is 28.3 Å². The van der Waals surface area contributed by atoms with Crippen LogP contribution in [-0.2, 0) is 4.74 Å². The molecule has 0 saturated heterocycles. The number of methoxy groups -OCH3 is 1. The van der Waals surface area contributed by atoms with Crippen molar-refractivity contribution in [1.82, 2.24) is 5.43 Å². The van der Waals surface area contributed by atoms with Gasteiger partial charge in [0.2, 0.25) is 0 Å². The number of aliphatic imine (C=N–C) groups is 1. The van der Waals surface area contributed by atoms with E-state index in [1.165, 1.54) is 17.8 Å². The minimum atomic E-state index is -0.872. The number of halogens is 2. The molecule has 0 aliphatic carbocycles. The van der Waals surface area contributed by atoms with Crippen LogP contribution in [0.4, 0.5) is 8.78 Å². The fourth-order valence-corrected chi connectivity index (χ4v) is 2.55. The van der Waals surface area contributed by atoms with Crippen molar-refractivity contribution in [1.29, 1.82) is 0 Å². The summed E-state index contributed by atoms with van der Waals surface area (Å²) in [4.78, 5) is 4.39. The molecule has 1 heterocycles. The number of thioether (sulfide) groups is 1. The second-order valence-corrected chi connectivity index (χ2v) is 5.29. The standard InChI is InChI=1S/C13H15F2N3OS/c1-8(6-19-2)16-13-18-17-12(7-20-13)9-3-4-10(14)11(15)5-9/h3-5,8H,6-7H2,1-2H3,(H,16,18)/t8-/m0/s1. The Morgan fingerprint density at radius 3 is 2.85 bits per heavy atom. The first-order chi connectivity index (χ1) is 9.60. The van der Waals surface area contributed by atoms with Crippen molar-refractivity contribution in [3.05, 3.63) is 35.4 Å². The van der Waals surface area contributed by atoms with Crippen LogP contribution in [0.2, 0.25) is 0 Å². The van der Waals surface area contributed by atoms with E-state index < -0.39 is 11.6 Å². The zero-order valence-electron chi connectivity index (χ0n) is 11.2. The molecule has 0 radical (unpaired) electrons. The second-order valence-electron chi connectivity index (χ2n) is 4.33. The first kappa shape index (κ1) is 14.9. The molecule has 1 aliphatic rings. The number of hydrogen-bond acceptors (Lipinski definition) is 4. The zero-order valence-corrected chi connectivity index (χ0v) is 12.0. The van der Waals surface area contributed by atoms with Crippen LogP contribution in [-0.4, -0.2) is 36.4 Å². The lowest BCUT2D eigenvalue weighted by atomic mass is 10.1. The van der Waals surface area contributed by atoms with Crippen molar-refractivity contribution >= 4 is 22.6 Å². The monoisotopic (exact) mass is 299 g/mol. The maximum atomic E-state index is 13.2. The summed E-state index contributed by atoms with van der Waals surface area (Å²) in [5.41, 5.74) is 4.04. The third-order valence-corrected chi connectivity index (χ3v) is 3.52. The van der Waals surface area contributed by atoms with Gasteiger partial charge in [0.15, 0.2) is 16.8 Å². The number of rotatable bonds is 4. The molecule has 20 heavy (non-hydrogen) atoms. The molecule has 1 aromatic rings. The van der Waals surface area contributed by atoms with Crippen LogP contribution in [0.3, 0.4) is 0 Å². The van der Waals surface area contributed by atoms with Gasteiger partial charge in [-0.1, -0.05) is 11.8 Å². The molecule has 0 unspecified atom stereocenters. The van der Waals surface area contributed by atoms with Crippen LogP contribution < -0.4 is 5.43 Å². The Balaban J connectivity index is 2.07. The summed E-state index contributed by atoms with van der Waals surface area (Å²) >= 11 is 1.47. The number of benzene rings is 1. The first-order valence-electron chi connectivity index (χ1n) is 6.07. The van der Waals surface area contributed by atoms with Crippen molar-refractivity contribution in [2.45, 2.75) is 13.0 Å². The molecule has 0 aromatic heterocycles. The van der Waals surface area contributed by atoms with Crippen LogP contribution in [0.25, 0.3) is 0 Å². The number of hydrazone groups is 1. The molecular weight excluding hydrogens is 284 g/mol. The van der Waals surface area contributed by atoms with Crippen molar-refractivity contribution in [3.63, 3.8) is 0 Å². The van der Waals surface area contributed by atoms with Gasteiger partial charge in [0.05, 0.1) is 18.4 Å². The highest BCUT2D eigenvalue weighted by Gasteiger charge is 2.15. The lowest BCUT2D eigenvalue weighted by Crippen LogP contribution is -2.27. The minimum absolute atomic E-state index is 0.0371. The third-order valence-electron chi connectivity index (χ3n) is 2.63. The Labute approximate surface area is 120 Å². The van der Waals surface area contributed by atoms with Crippen molar-refractivity contribution in [3.8, 4) is 0 Å². The molecule has 7 heteroatoms. The first-order valence-corrected chi connectivity index (χ1v) is 7.06. The quantitative estimate of drug-likeness (QED) is 0.928. The van der Waals surface area contributed by atoms with E-state index in [1.54, 1.807) is 7.11 Å². The summed E-state index contributed by atoms with van der Waals surface area (Å²) < 4.78 is 31.1. The molecule has 2 rings (SSSR count). The lowest BCUT2D eigenvalue weighted by molar-refractivity contribution is 0.186. The van der Waals surface area contributed by atoms with E-state index in [9.17, 15) is 8.78 Å². The minimum Gasteiger partial charge on any atom is -0.382 e. The fraction of sp³-hybridized carbons (Fsp3) is 0.385. The topological polar surface area (TPSA) is 46.0 Å². The molecule has 0 bridgehead atoms. The Kier molecular flexibility index (Phi) is 5.08. The Bertz CT molecular complexity index is 548. The second kappa shape index (κ2) is 6.81. The predicted octanol–water partition coefficient (Wildman–Crippen LogP) is 2.40. The molecule has 108 valence electrons. The molecule has 1 aromatic carbocycles. The summed E-state index contributed by atoms with van der Waals surface area (Å²) in [6.45, 7) is 2.47. The van der Waals surface area contributed by atoms with Crippen LogP contribution in [0.5, 0.6) is 0 Å². The van der Waals surface area contributed by atoms with Crippen LogP contribution in [0.1, 0.15) is 12.5 Å². The summed E-state index contributed by atoms with van der Waals surface area (Å²) in [6.07, 6.45) is 0. The highest BCUT2D eigenvalue weighted by molar-refractivity contribution is 8.14. The molecule has 0 fully saturated rings. The summed E-state index contributed by atoms with van der Waals surface area (Å²) in [5.74, 6) is -1.18. The highest BCUT2D eigenvalue weighted by atomic mass is 32.2. The third kappa shape index (κ3) is 3.77. The van der Waals surface area contributed by atoms with Gasteiger partial charge in [-0.25, -0.2) is 8.78 Å². The SMILES string of the molecule is COC[C@H](C)N=C1NN=C(c2ccc(F)c(F)c2)CS1. The van der Waals surface area contributed by atoms with E-state index in [2.05, 4.69) is 15.5 Å². The lowest BCUT2D eigenvalue weighted by Gasteiger charge is -2.16. The molecular formula is C13H15F2N3OS. The smallest absolute Gasteiger partial charge is 0.177 e. The summed E-state index contributed by atoms with van der Waals surface area (Å²) in [7, 11) is 1.62. The Hall–Kier alpha value is -1.47. The van der Waals surface area contributed by atoms with Gasteiger partial charge in [-0.05, 0) is 25.1 Å². The highest BCUT2D eigenvalue weighted by Crippen LogP contribution is 2.16. The number of ether oxygens (including phenoxy) is 1. The molecule has 1 aliphatic heterocycles. The van der Waals surface area contributed by atoms with E-state index >= 15 is 0 Å². The molecule has 1 atom stereocenters. The molecule has 4 nitrogen and oxygen atoms in total. The Morgan fingerprint density at radius 2 is 2.25 bits per heavy atom. The van der Waals surface area contributed by atoms with Gasteiger partial charge >= 0.3 is 0 Å². The molecule has 0 spiro atoms. The molecule has 0 saturated carbocycles. The maximum absolute atomic E-state index is 13.2. The normalized spacial score (nSPS) is 18.6. The van der Waals surface area contributed by atoms with Crippen molar-refractivity contribution in [2.24, 2.45) is 10.1 Å². The van der Waals surface area contributed by atoms with Crippen LogP contribution in [0, 0.1) is 11.6 Å². The van der Waals surface area contributed by atoms with Gasteiger partial charge in [0.25, 0.3) is 0 Å². The number of hydrogen-bond donors (Lipinski definition) is 1. The number of nitrogens with one attached hydrogen (secondary N) is 1. The van der Waals surface area contributed by atoms with Gasteiger partial charge < -0.3 is 4.74 Å². The van der Waals surface area contributed by atoms with Crippen LogP contribution >= 0.6 is 11.8 Å². The van der Waals surface area contributed by atoms with E-state index in [-0.39, 0.29) is 6.04 Å². The largest absolute Gasteiger partial charge is 0.382 e. The van der Waals surface area contributed by atoms with Gasteiger partial charge in [-0.2, -0.15) is 5.10 Å².